The number of aromatic nitrogens is 4. The molecule has 0 radical (unpaired) electrons. The van der Waals surface area contributed by atoms with Crippen LogP contribution in [-0.2, 0) is 19.0 Å². The molecule has 4 aromatic rings. The highest BCUT2D eigenvalue weighted by Crippen LogP contribution is 2.28. The van der Waals surface area contributed by atoms with E-state index in [1.54, 1.807) is 12.4 Å². The van der Waals surface area contributed by atoms with Crippen LogP contribution in [0.2, 0.25) is 0 Å². The van der Waals surface area contributed by atoms with Gasteiger partial charge in [0.1, 0.15) is 5.69 Å². The maximum atomic E-state index is 12.6. The second-order valence-corrected chi connectivity index (χ2v) is 7.04. The van der Waals surface area contributed by atoms with Gasteiger partial charge in [0.05, 0.1) is 17.5 Å². The first-order valence-electron chi connectivity index (χ1n) is 9.48. The third kappa shape index (κ3) is 4.40. The number of rotatable bonds is 5. The van der Waals surface area contributed by atoms with Crippen LogP contribution >= 0.6 is 0 Å². The van der Waals surface area contributed by atoms with E-state index in [0.717, 1.165) is 40.3 Å². The molecule has 3 aromatic heterocycles. The maximum Gasteiger partial charge on any atom is 0.417 e. The van der Waals surface area contributed by atoms with Crippen molar-refractivity contribution in [2.75, 3.05) is 0 Å². The summed E-state index contributed by atoms with van der Waals surface area (Å²) in [6.45, 7) is 2.02. The molecule has 0 saturated heterocycles. The van der Waals surface area contributed by atoms with Crippen molar-refractivity contribution in [3.8, 4) is 22.8 Å². The molecule has 0 amide bonds. The van der Waals surface area contributed by atoms with Gasteiger partial charge in [0.2, 0.25) is 0 Å². The number of halogens is 3. The van der Waals surface area contributed by atoms with Gasteiger partial charge in [-0.2, -0.15) is 13.2 Å². The first-order chi connectivity index (χ1) is 14.4. The summed E-state index contributed by atoms with van der Waals surface area (Å²) in [5.74, 6) is 0.709. The van der Waals surface area contributed by atoms with E-state index in [0.29, 0.717) is 24.4 Å². The van der Waals surface area contributed by atoms with E-state index >= 15 is 0 Å². The molecule has 0 bridgehead atoms. The van der Waals surface area contributed by atoms with Gasteiger partial charge in [-0.15, -0.1) is 0 Å². The zero-order chi connectivity index (χ0) is 21.1. The highest BCUT2D eigenvalue weighted by atomic mass is 19.4. The molecule has 0 unspecified atom stereocenters. The molecule has 0 aliphatic heterocycles. The third-order valence-corrected chi connectivity index (χ3v) is 4.94. The molecule has 3 heterocycles. The van der Waals surface area contributed by atoms with Crippen LogP contribution < -0.4 is 0 Å². The Bertz CT molecular complexity index is 1130. The maximum absolute atomic E-state index is 12.6. The summed E-state index contributed by atoms with van der Waals surface area (Å²) in [5.41, 5.74) is 4.84. The summed E-state index contributed by atoms with van der Waals surface area (Å²) < 4.78 is 37.9. The number of H-pyrrole nitrogens is 1. The standard InChI is InChI=1S/C23H19F3N4/c1-15-12-17(21-14-29-22(30-21)20-4-2-3-11-27-20)6-5-16(15)7-9-19-10-8-18(13-28-19)23(24,25)26/h2-6,8,10-14H,7,9H2,1H3,(H,29,30). The molecule has 1 N–H and O–H groups in total. The van der Waals surface area contributed by atoms with Gasteiger partial charge in [-0.1, -0.05) is 18.2 Å². The Labute approximate surface area is 171 Å². The van der Waals surface area contributed by atoms with Crippen LogP contribution in [-0.4, -0.2) is 19.9 Å². The average Bonchev–Trinajstić information content (AvgIpc) is 3.23. The lowest BCUT2D eigenvalue weighted by Crippen LogP contribution is -2.06. The Morgan fingerprint density at radius 3 is 2.43 bits per heavy atom. The lowest BCUT2D eigenvalue weighted by Gasteiger charge is -2.09. The number of nitrogens with zero attached hydrogens (tertiary/aromatic N) is 3. The summed E-state index contributed by atoms with van der Waals surface area (Å²) >= 11 is 0. The lowest BCUT2D eigenvalue weighted by molar-refractivity contribution is -0.137. The molecule has 0 aliphatic rings. The molecule has 4 nitrogen and oxygen atoms in total. The Hall–Kier alpha value is -3.48. The molecule has 152 valence electrons. The number of aromatic amines is 1. The van der Waals surface area contributed by atoms with Crippen molar-refractivity contribution in [1.29, 1.82) is 0 Å². The molecule has 0 fully saturated rings. The molecular weight excluding hydrogens is 389 g/mol. The fourth-order valence-electron chi connectivity index (χ4n) is 3.25. The SMILES string of the molecule is Cc1cc(-c2cnc(-c3ccccn3)[nH]2)ccc1CCc1ccc(C(F)(F)F)cn1. The Morgan fingerprint density at radius 1 is 0.900 bits per heavy atom. The van der Waals surface area contributed by atoms with Crippen LogP contribution in [0.15, 0.2) is 67.1 Å². The minimum Gasteiger partial charge on any atom is -0.337 e. The van der Waals surface area contributed by atoms with E-state index in [-0.39, 0.29) is 0 Å². The number of aryl methyl sites for hydroxylation is 3. The minimum absolute atomic E-state index is 0.576. The topological polar surface area (TPSA) is 54.5 Å². The summed E-state index contributed by atoms with van der Waals surface area (Å²) in [6.07, 6.45) is 1.31. The zero-order valence-electron chi connectivity index (χ0n) is 16.2. The molecule has 0 saturated carbocycles. The summed E-state index contributed by atoms with van der Waals surface area (Å²) in [5, 5.41) is 0. The van der Waals surface area contributed by atoms with Crippen molar-refractivity contribution in [3.05, 3.63) is 89.5 Å². The van der Waals surface area contributed by atoms with Crippen molar-refractivity contribution in [3.63, 3.8) is 0 Å². The highest BCUT2D eigenvalue weighted by molar-refractivity contribution is 5.64. The van der Waals surface area contributed by atoms with Crippen LogP contribution in [0.3, 0.4) is 0 Å². The zero-order valence-corrected chi connectivity index (χ0v) is 16.2. The average molecular weight is 408 g/mol. The van der Waals surface area contributed by atoms with E-state index < -0.39 is 11.7 Å². The van der Waals surface area contributed by atoms with Gasteiger partial charge in [-0.25, -0.2) is 4.98 Å². The molecule has 4 rings (SSSR count). The Balaban J connectivity index is 1.45. The predicted octanol–water partition coefficient (Wildman–Crippen LogP) is 5.65. The Kier molecular flexibility index (Phi) is 5.35. The monoisotopic (exact) mass is 408 g/mol. The second-order valence-electron chi connectivity index (χ2n) is 7.04. The summed E-state index contributed by atoms with van der Waals surface area (Å²) in [7, 11) is 0. The van der Waals surface area contributed by atoms with Crippen molar-refractivity contribution in [1.82, 2.24) is 19.9 Å². The van der Waals surface area contributed by atoms with Gasteiger partial charge >= 0.3 is 6.18 Å². The molecule has 7 heteroatoms. The van der Waals surface area contributed by atoms with Gasteiger partial charge in [0.25, 0.3) is 0 Å². The second kappa shape index (κ2) is 8.10. The van der Waals surface area contributed by atoms with E-state index in [9.17, 15) is 13.2 Å². The number of imidazole rings is 1. The van der Waals surface area contributed by atoms with E-state index in [2.05, 4.69) is 26.0 Å². The van der Waals surface area contributed by atoms with Crippen molar-refractivity contribution in [2.24, 2.45) is 0 Å². The first kappa shape index (κ1) is 19.8. The molecule has 0 atom stereocenters. The molecule has 0 spiro atoms. The smallest absolute Gasteiger partial charge is 0.337 e. The molecule has 30 heavy (non-hydrogen) atoms. The fraction of sp³-hybridized carbons (Fsp3) is 0.174. The molecular formula is C23H19F3N4. The third-order valence-electron chi connectivity index (χ3n) is 4.94. The van der Waals surface area contributed by atoms with E-state index in [1.807, 2.05) is 37.3 Å². The summed E-state index contributed by atoms with van der Waals surface area (Å²) in [6, 6.07) is 14.3. The highest BCUT2D eigenvalue weighted by Gasteiger charge is 2.30. The normalized spacial score (nSPS) is 11.6. The number of nitrogens with one attached hydrogen (secondary N) is 1. The van der Waals surface area contributed by atoms with Gasteiger partial charge in [-0.05, 0) is 66.8 Å². The number of benzene rings is 1. The number of hydrogen-bond acceptors (Lipinski definition) is 3. The van der Waals surface area contributed by atoms with Crippen LogP contribution in [0.5, 0.6) is 0 Å². The van der Waals surface area contributed by atoms with Crippen LogP contribution in [0.25, 0.3) is 22.8 Å². The lowest BCUT2D eigenvalue weighted by atomic mass is 9.99. The molecule has 1 aromatic carbocycles. The van der Waals surface area contributed by atoms with Crippen molar-refractivity contribution in [2.45, 2.75) is 25.9 Å². The van der Waals surface area contributed by atoms with Crippen LogP contribution in [0.1, 0.15) is 22.4 Å². The van der Waals surface area contributed by atoms with Crippen LogP contribution in [0.4, 0.5) is 13.2 Å². The Morgan fingerprint density at radius 2 is 1.77 bits per heavy atom. The van der Waals surface area contributed by atoms with Gasteiger partial charge < -0.3 is 4.98 Å². The van der Waals surface area contributed by atoms with Gasteiger partial charge in [0.15, 0.2) is 5.82 Å². The van der Waals surface area contributed by atoms with Gasteiger partial charge in [0, 0.05) is 18.1 Å². The van der Waals surface area contributed by atoms with Crippen LogP contribution in [0, 0.1) is 6.92 Å². The summed E-state index contributed by atoms with van der Waals surface area (Å²) in [4.78, 5) is 15.9. The fourth-order valence-corrected chi connectivity index (χ4v) is 3.25. The van der Waals surface area contributed by atoms with Gasteiger partial charge in [-0.3, -0.25) is 9.97 Å². The van der Waals surface area contributed by atoms with E-state index in [1.165, 1.54) is 6.07 Å². The minimum atomic E-state index is -4.36. The van der Waals surface area contributed by atoms with Crippen molar-refractivity contribution < 1.29 is 13.2 Å². The number of alkyl halides is 3. The molecule has 0 aliphatic carbocycles. The number of pyridine rings is 2. The van der Waals surface area contributed by atoms with Crippen molar-refractivity contribution >= 4 is 0 Å². The first-order valence-corrected chi connectivity index (χ1v) is 9.48. The van der Waals surface area contributed by atoms with E-state index in [4.69, 9.17) is 0 Å². The quantitative estimate of drug-likeness (QED) is 0.465. The predicted molar refractivity (Wildman–Crippen MR) is 109 cm³/mol. The number of hydrogen-bond donors (Lipinski definition) is 1. The largest absolute Gasteiger partial charge is 0.417 e.